The third-order valence-electron chi connectivity index (χ3n) is 3.16. The number of hydrogen-bond donors (Lipinski definition) is 0. The van der Waals surface area contributed by atoms with E-state index in [0.717, 1.165) is 18.4 Å². The van der Waals surface area contributed by atoms with E-state index in [2.05, 4.69) is 32.3 Å². The Morgan fingerprint density at radius 2 is 2.07 bits per heavy atom. The van der Waals surface area contributed by atoms with Crippen LogP contribution in [0, 0.1) is 5.41 Å². The number of aliphatic imine (C=N–C) groups is 1. The van der Waals surface area contributed by atoms with Gasteiger partial charge in [-0.1, -0.05) is 37.6 Å². The molecule has 0 N–H and O–H groups in total. The maximum Gasteiger partial charge on any atom is 0.130 e. The van der Waals surface area contributed by atoms with Crippen molar-refractivity contribution in [1.82, 2.24) is 0 Å². The molecule has 0 unspecified atom stereocenters. The number of allylic oxidation sites excluding steroid dienone is 3. The summed E-state index contributed by atoms with van der Waals surface area (Å²) in [6, 6.07) is 0. The van der Waals surface area contributed by atoms with Crippen molar-refractivity contribution in [1.29, 1.82) is 0 Å². The molecular formula is C13H20ClN. The van der Waals surface area contributed by atoms with E-state index in [1.165, 1.54) is 17.6 Å². The highest BCUT2D eigenvalue weighted by molar-refractivity contribution is 6.70. The average Bonchev–Trinajstić information content (AvgIpc) is 2.19. The van der Waals surface area contributed by atoms with E-state index in [0.29, 0.717) is 10.6 Å². The molecule has 0 aromatic carbocycles. The molecule has 0 saturated carbocycles. The smallest absolute Gasteiger partial charge is 0.130 e. The lowest BCUT2D eigenvalue weighted by molar-refractivity contribution is 0.316. The average molecular weight is 226 g/mol. The molecule has 0 aromatic rings. The van der Waals surface area contributed by atoms with Gasteiger partial charge in [-0.05, 0) is 37.2 Å². The molecule has 2 heteroatoms. The molecule has 1 rings (SSSR count). The van der Waals surface area contributed by atoms with E-state index in [1.807, 2.05) is 0 Å². The van der Waals surface area contributed by atoms with Crippen LogP contribution in [-0.2, 0) is 0 Å². The molecule has 0 radical (unpaired) electrons. The van der Waals surface area contributed by atoms with E-state index in [-0.39, 0.29) is 0 Å². The Morgan fingerprint density at radius 1 is 1.47 bits per heavy atom. The van der Waals surface area contributed by atoms with Gasteiger partial charge in [-0.25, -0.2) is 0 Å². The first-order valence-corrected chi connectivity index (χ1v) is 5.76. The molecule has 0 spiro atoms. The fourth-order valence-electron chi connectivity index (χ4n) is 2.02. The lowest BCUT2D eigenvalue weighted by Crippen LogP contribution is -2.19. The zero-order chi connectivity index (χ0) is 11.6. The topological polar surface area (TPSA) is 12.4 Å². The molecule has 0 aromatic heterocycles. The molecule has 1 nitrogen and oxygen atoms in total. The van der Waals surface area contributed by atoms with Gasteiger partial charge in [0.1, 0.15) is 5.17 Å². The van der Waals surface area contributed by atoms with Crippen LogP contribution in [0.1, 0.15) is 40.0 Å². The first-order valence-electron chi connectivity index (χ1n) is 5.38. The highest BCUT2D eigenvalue weighted by Crippen LogP contribution is 2.41. The molecule has 0 atom stereocenters. The Kier molecular flexibility index (Phi) is 3.77. The van der Waals surface area contributed by atoms with Gasteiger partial charge in [0.15, 0.2) is 0 Å². The summed E-state index contributed by atoms with van der Waals surface area (Å²) >= 11 is 6.02. The molecule has 0 fully saturated rings. The molecule has 1 aliphatic carbocycles. The molecule has 84 valence electrons. The fraction of sp³-hybridized carbons (Fsp3) is 0.615. The van der Waals surface area contributed by atoms with Crippen LogP contribution in [0.2, 0.25) is 0 Å². The van der Waals surface area contributed by atoms with Crippen LogP contribution in [0.15, 0.2) is 28.3 Å². The van der Waals surface area contributed by atoms with Crippen molar-refractivity contribution >= 4 is 16.8 Å². The van der Waals surface area contributed by atoms with Crippen LogP contribution in [0.5, 0.6) is 0 Å². The number of rotatable bonds is 2. The normalized spacial score (nSPS) is 21.8. The molecule has 0 amide bonds. The zero-order valence-electron chi connectivity index (χ0n) is 10.2. The summed E-state index contributed by atoms with van der Waals surface area (Å²) in [5.41, 5.74) is 4.00. The molecular weight excluding hydrogens is 206 g/mol. The highest BCUT2D eigenvalue weighted by atomic mass is 35.5. The minimum atomic E-state index is 0.364. The Morgan fingerprint density at radius 3 is 2.60 bits per heavy atom. The summed E-state index contributed by atoms with van der Waals surface area (Å²) in [5.74, 6) is 0. The van der Waals surface area contributed by atoms with Crippen LogP contribution >= 0.6 is 11.6 Å². The third-order valence-corrected chi connectivity index (χ3v) is 3.55. The number of halogens is 1. The van der Waals surface area contributed by atoms with Crippen molar-refractivity contribution in [3.8, 4) is 0 Å². The summed E-state index contributed by atoms with van der Waals surface area (Å²) in [5, 5.41) is 0.544. The van der Waals surface area contributed by atoms with Gasteiger partial charge < -0.3 is 0 Å². The van der Waals surface area contributed by atoms with Gasteiger partial charge in [0.25, 0.3) is 0 Å². The van der Waals surface area contributed by atoms with E-state index in [4.69, 9.17) is 11.6 Å². The maximum absolute atomic E-state index is 6.02. The second kappa shape index (κ2) is 4.52. The van der Waals surface area contributed by atoms with Crippen LogP contribution < -0.4 is 0 Å². The van der Waals surface area contributed by atoms with E-state index >= 15 is 0 Å². The summed E-state index contributed by atoms with van der Waals surface area (Å²) < 4.78 is 0. The van der Waals surface area contributed by atoms with Crippen molar-refractivity contribution < 1.29 is 0 Å². The van der Waals surface area contributed by atoms with Crippen molar-refractivity contribution in [3.05, 3.63) is 23.3 Å². The van der Waals surface area contributed by atoms with E-state index in [9.17, 15) is 0 Å². The summed E-state index contributed by atoms with van der Waals surface area (Å²) in [4.78, 5) is 3.99. The predicted molar refractivity (Wildman–Crippen MR) is 68.7 cm³/mol. The Balaban J connectivity index is 2.98. The minimum Gasteiger partial charge on any atom is -0.276 e. The van der Waals surface area contributed by atoms with Crippen LogP contribution in [0.25, 0.3) is 0 Å². The van der Waals surface area contributed by atoms with Crippen molar-refractivity contribution in [3.63, 3.8) is 0 Å². The number of nitrogens with zero attached hydrogens (tertiary/aromatic N) is 1. The predicted octanol–water partition coefficient (Wildman–Crippen LogP) is 4.34. The highest BCUT2D eigenvalue weighted by Gasteiger charge is 2.27. The maximum atomic E-state index is 6.02. The summed E-state index contributed by atoms with van der Waals surface area (Å²) in [6.45, 7) is 10.8. The van der Waals surface area contributed by atoms with E-state index < -0.39 is 0 Å². The van der Waals surface area contributed by atoms with Gasteiger partial charge in [-0.15, -0.1) is 0 Å². The molecule has 1 aliphatic rings. The Labute approximate surface area is 97.9 Å². The molecule has 0 bridgehead atoms. The summed E-state index contributed by atoms with van der Waals surface area (Å²) in [7, 11) is 1.71. The van der Waals surface area contributed by atoms with Crippen LogP contribution in [0.3, 0.4) is 0 Å². The standard InChI is InChI=1S/C13H20ClN/c1-9-6-7-13(3,4)8-11(9)10(2)12(14)15-5/h2,6-8H2,1,3-5H3. The quantitative estimate of drug-likeness (QED) is 0.620. The zero-order valence-corrected chi connectivity index (χ0v) is 10.9. The third kappa shape index (κ3) is 2.94. The van der Waals surface area contributed by atoms with Crippen molar-refractivity contribution in [2.75, 3.05) is 7.05 Å². The number of hydrogen-bond acceptors (Lipinski definition) is 1. The van der Waals surface area contributed by atoms with Gasteiger partial charge >= 0.3 is 0 Å². The first kappa shape index (κ1) is 12.5. The van der Waals surface area contributed by atoms with Crippen LogP contribution in [-0.4, -0.2) is 12.2 Å². The lowest BCUT2D eigenvalue weighted by atomic mass is 9.73. The van der Waals surface area contributed by atoms with Crippen LogP contribution in [0.4, 0.5) is 0 Å². The largest absolute Gasteiger partial charge is 0.276 e. The van der Waals surface area contributed by atoms with Gasteiger partial charge in [0.2, 0.25) is 0 Å². The van der Waals surface area contributed by atoms with Gasteiger partial charge in [0.05, 0.1) is 0 Å². The van der Waals surface area contributed by atoms with Gasteiger partial charge in [0, 0.05) is 12.6 Å². The Bertz CT molecular complexity index is 334. The van der Waals surface area contributed by atoms with E-state index in [1.54, 1.807) is 7.05 Å². The van der Waals surface area contributed by atoms with Gasteiger partial charge in [-0.2, -0.15) is 0 Å². The fourth-order valence-corrected chi connectivity index (χ4v) is 2.13. The SMILES string of the molecule is C=C(C(Cl)=NC)C1=C(C)CCC(C)(C)C1. The minimum absolute atomic E-state index is 0.364. The molecule has 0 heterocycles. The van der Waals surface area contributed by atoms with Crippen molar-refractivity contribution in [2.45, 2.75) is 40.0 Å². The lowest BCUT2D eigenvalue weighted by Gasteiger charge is -2.33. The molecule has 0 saturated heterocycles. The molecule has 15 heavy (non-hydrogen) atoms. The second-order valence-corrected chi connectivity index (χ2v) is 5.45. The second-order valence-electron chi connectivity index (χ2n) is 5.09. The monoisotopic (exact) mass is 225 g/mol. The summed E-state index contributed by atoms with van der Waals surface area (Å²) in [6.07, 6.45) is 3.45. The molecule has 0 aliphatic heterocycles. The van der Waals surface area contributed by atoms with Gasteiger partial charge in [-0.3, -0.25) is 4.99 Å². The first-order chi connectivity index (χ1) is 6.87. The Hall–Kier alpha value is -0.560. The van der Waals surface area contributed by atoms with Crippen molar-refractivity contribution in [2.24, 2.45) is 10.4 Å².